The maximum Gasteiger partial charge on any atom is 0.186 e. The van der Waals surface area contributed by atoms with Gasteiger partial charge in [-0.3, -0.25) is 0 Å². The molecule has 0 spiro atoms. The van der Waals surface area contributed by atoms with E-state index in [1.165, 1.54) is 7.11 Å². The van der Waals surface area contributed by atoms with Crippen molar-refractivity contribution in [2.75, 3.05) is 7.11 Å². The second-order valence-electron chi connectivity index (χ2n) is 4.75. The summed E-state index contributed by atoms with van der Waals surface area (Å²) in [5, 5.41) is 19.4. The summed E-state index contributed by atoms with van der Waals surface area (Å²) >= 11 is 0. The normalized spacial score (nSPS) is 46.6. The highest BCUT2D eigenvalue weighted by atomic mass is 16.8. The fourth-order valence-electron chi connectivity index (χ4n) is 2.26. The molecular weight excluding hydrogens is 230 g/mol. The second-order valence-corrected chi connectivity index (χ2v) is 4.75. The van der Waals surface area contributed by atoms with Crippen LogP contribution in [0.4, 0.5) is 0 Å². The van der Waals surface area contributed by atoms with Gasteiger partial charge in [0.15, 0.2) is 12.1 Å². The monoisotopic (exact) mass is 249 g/mol. The average Bonchev–Trinajstić information content (AvgIpc) is 2.54. The number of hydrogen-bond donors (Lipinski definition) is 3. The van der Waals surface area contributed by atoms with Crippen LogP contribution in [-0.2, 0) is 18.9 Å². The van der Waals surface area contributed by atoms with Crippen LogP contribution in [0.2, 0.25) is 0 Å². The molecule has 17 heavy (non-hydrogen) atoms. The SMILES string of the molecule is CO[C@H]1O[C@H](C(N)O)[C@@H](O)[C@@H]2OC(C)(C)O[C@H]12. The summed E-state index contributed by atoms with van der Waals surface area (Å²) in [6.07, 6.45) is -5.23. The van der Waals surface area contributed by atoms with Crippen LogP contribution in [0.3, 0.4) is 0 Å². The van der Waals surface area contributed by atoms with E-state index >= 15 is 0 Å². The number of rotatable bonds is 2. The van der Waals surface area contributed by atoms with Gasteiger partial charge in [0.1, 0.15) is 30.6 Å². The quantitative estimate of drug-likeness (QED) is 0.512. The lowest BCUT2D eigenvalue weighted by Gasteiger charge is -2.40. The third kappa shape index (κ3) is 2.32. The zero-order chi connectivity index (χ0) is 12.8. The minimum Gasteiger partial charge on any atom is -0.387 e. The van der Waals surface area contributed by atoms with Crippen LogP contribution >= 0.6 is 0 Å². The Balaban J connectivity index is 2.20. The standard InChI is InChI=1S/C10H19NO6/c1-10(2)16-5-4(12)6(8(11)13)15-9(14-3)7(5)17-10/h4-9,12-13H,11H2,1-3H3/t4-,5-,6-,7-,8?,9-/m0/s1. The predicted octanol–water partition coefficient (Wildman–Crippen LogP) is -1.48. The minimum atomic E-state index is -1.31. The van der Waals surface area contributed by atoms with Gasteiger partial charge in [-0.05, 0) is 13.8 Å². The topological polar surface area (TPSA) is 103 Å². The van der Waals surface area contributed by atoms with Crippen LogP contribution < -0.4 is 5.73 Å². The summed E-state index contributed by atoms with van der Waals surface area (Å²) in [5.74, 6) is -0.828. The van der Waals surface area contributed by atoms with E-state index in [1.807, 2.05) is 0 Å². The van der Waals surface area contributed by atoms with Gasteiger partial charge in [0.25, 0.3) is 0 Å². The Morgan fingerprint density at radius 3 is 2.41 bits per heavy atom. The number of ether oxygens (including phenoxy) is 4. The molecule has 0 saturated carbocycles. The molecule has 7 heteroatoms. The number of fused-ring (bicyclic) bond motifs is 1. The van der Waals surface area contributed by atoms with E-state index in [0.717, 1.165) is 0 Å². The molecule has 0 aromatic rings. The zero-order valence-corrected chi connectivity index (χ0v) is 10.1. The van der Waals surface area contributed by atoms with Gasteiger partial charge in [-0.2, -0.15) is 0 Å². The first-order valence-electron chi connectivity index (χ1n) is 5.51. The first-order valence-corrected chi connectivity index (χ1v) is 5.51. The highest BCUT2D eigenvalue weighted by Gasteiger charge is 2.56. The molecule has 0 aromatic carbocycles. The van der Waals surface area contributed by atoms with E-state index in [1.54, 1.807) is 13.8 Å². The van der Waals surface area contributed by atoms with E-state index in [4.69, 9.17) is 24.7 Å². The maximum atomic E-state index is 10.0. The van der Waals surface area contributed by atoms with Crippen molar-refractivity contribution in [3.8, 4) is 0 Å². The molecule has 4 N–H and O–H groups in total. The molecular formula is C10H19NO6. The molecule has 2 aliphatic rings. The van der Waals surface area contributed by atoms with Gasteiger partial charge in [-0.15, -0.1) is 0 Å². The molecule has 2 rings (SSSR count). The summed E-state index contributed by atoms with van der Waals surface area (Å²) < 4.78 is 21.7. The van der Waals surface area contributed by atoms with Gasteiger partial charge < -0.3 is 34.9 Å². The van der Waals surface area contributed by atoms with Crippen LogP contribution in [0.5, 0.6) is 0 Å². The van der Waals surface area contributed by atoms with Crippen molar-refractivity contribution in [1.82, 2.24) is 0 Å². The van der Waals surface area contributed by atoms with Crippen LogP contribution in [0.25, 0.3) is 0 Å². The summed E-state index contributed by atoms with van der Waals surface area (Å²) in [6.45, 7) is 3.47. The highest BCUT2D eigenvalue weighted by molar-refractivity contribution is 4.97. The van der Waals surface area contributed by atoms with Gasteiger partial charge in [-0.25, -0.2) is 0 Å². The zero-order valence-electron chi connectivity index (χ0n) is 10.1. The number of methoxy groups -OCH3 is 1. The Hall–Kier alpha value is -0.280. The molecule has 2 saturated heterocycles. The molecule has 7 nitrogen and oxygen atoms in total. The van der Waals surface area contributed by atoms with Crippen molar-refractivity contribution in [3.63, 3.8) is 0 Å². The summed E-state index contributed by atoms with van der Waals surface area (Å²) in [4.78, 5) is 0. The number of aliphatic hydroxyl groups excluding tert-OH is 2. The highest BCUT2D eigenvalue weighted by Crippen LogP contribution is 2.37. The van der Waals surface area contributed by atoms with Crippen molar-refractivity contribution in [3.05, 3.63) is 0 Å². The fraction of sp³-hybridized carbons (Fsp3) is 1.00. The van der Waals surface area contributed by atoms with Gasteiger partial charge >= 0.3 is 0 Å². The summed E-state index contributed by atoms with van der Waals surface area (Å²) in [6, 6.07) is 0. The Morgan fingerprint density at radius 1 is 1.29 bits per heavy atom. The summed E-state index contributed by atoms with van der Waals surface area (Å²) in [7, 11) is 1.45. The lowest BCUT2D eigenvalue weighted by Crippen LogP contribution is -2.61. The predicted molar refractivity (Wildman–Crippen MR) is 55.7 cm³/mol. The van der Waals surface area contributed by atoms with E-state index in [-0.39, 0.29) is 0 Å². The Bertz CT molecular complexity index is 284. The van der Waals surface area contributed by atoms with Gasteiger partial charge in [0, 0.05) is 7.11 Å². The van der Waals surface area contributed by atoms with Crippen molar-refractivity contribution in [2.24, 2.45) is 5.73 Å². The maximum absolute atomic E-state index is 10.0. The van der Waals surface area contributed by atoms with E-state index in [0.29, 0.717) is 0 Å². The molecule has 6 atom stereocenters. The molecule has 1 unspecified atom stereocenters. The van der Waals surface area contributed by atoms with E-state index in [2.05, 4.69) is 0 Å². The first-order chi connectivity index (χ1) is 7.85. The van der Waals surface area contributed by atoms with Crippen molar-refractivity contribution >= 4 is 0 Å². The third-order valence-electron chi connectivity index (χ3n) is 2.97. The number of aliphatic hydroxyl groups is 2. The molecule has 2 aliphatic heterocycles. The van der Waals surface area contributed by atoms with Gasteiger partial charge in [0.05, 0.1) is 0 Å². The number of nitrogens with two attached hydrogens (primary N) is 1. The van der Waals surface area contributed by atoms with Crippen LogP contribution in [0.1, 0.15) is 13.8 Å². The van der Waals surface area contributed by atoms with E-state index in [9.17, 15) is 10.2 Å². The minimum absolute atomic E-state index is 0.542. The van der Waals surface area contributed by atoms with E-state index < -0.39 is 42.7 Å². The van der Waals surface area contributed by atoms with Crippen LogP contribution in [0, 0.1) is 0 Å². The van der Waals surface area contributed by atoms with Crippen molar-refractivity contribution < 1.29 is 29.2 Å². The van der Waals surface area contributed by atoms with Crippen LogP contribution in [-0.4, -0.2) is 60.0 Å². The molecule has 0 aliphatic carbocycles. The molecule has 0 bridgehead atoms. The first kappa shape index (κ1) is 13.2. The summed E-state index contributed by atoms with van der Waals surface area (Å²) in [5.41, 5.74) is 5.34. The fourth-order valence-corrected chi connectivity index (χ4v) is 2.26. The lowest BCUT2D eigenvalue weighted by molar-refractivity contribution is -0.282. The Kier molecular flexibility index (Phi) is 3.43. The molecule has 0 aromatic heterocycles. The lowest BCUT2D eigenvalue weighted by atomic mass is 9.98. The smallest absolute Gasteiger partial charge is 0.186 e. The van der Waals surface area contributed by atoms with Crippen LogP contribution in [0.15, 0.2) is 0 Å². The average molecular weight is 249 g/mol. The largest absolute Gasteiger partial charge is 0.387 e. The molecule has 100 valence electrons. The third-order valence-corrected chi connectivity index (χ3v) is 2.97. The van der Waals surface area contributed by atoms with Crippen molar-refractivity contribution in [2.45, 2.75) is 56.6 Å². The molecule has 0 amide bonds. The van der Waals surface area contributed by atoms with Gasteiger partial charge in [0.2, 0.25) is 0 Å². The Morgan fingerprint density at radius 2 is 1.88 bits per heavy atom. The molecule has 2 heterocycles. The molecule has 0 radical (unpaired) electrons. The second kappa shape index (κ2) is 4.43. The Labute approximate surface area is 99.4 Å². The number of hydrogen-bond acceptors (Lipinski definition) is 7. The van der Waals surface area contributed by atoms with Gasteiger partial charge in [-0.1, -0.05) is 0 Å². The van der Waals surface area contributed by atoms with Crippen molar-refractivity contribution in [1.29, 1.82) is 0 Å². The molecule has 2 fully saturated rings.